The van der Waals surface area contributed by atoms with Crippen LogP contribution < -0.4 is 10.4 Å². The third-order valence-electron chi connectivity index (χ3n) is 9.93. The van der Waals surface area contributed by atoms with E-state index in [4.69, 9.17) is 18.6 Å². The maximum atomic E-state index is 12.5. The molecule has 5 aromatic carbocycles. The van der Waals surface area contributed by atoms with Gasteiger partial charge in [-0.05, 0) is 52.4 Å². The third-order valence-corrected chi connectivity index (χ3v) is 15.0. The minimum Gasteiger partial charge on any atom is -0.463 e. The highest BCUT2D eigenvalue weighted by Gasteiger charge is 2.52. The summed E-state index contributed by atoms with van der Waals surface area (Å²) in [6, 6.07) is 52.7. The van der Waals surface area contributed by atoms with Crippen LogP contribution in [0, 0.1) is 0 Å². The summed E-state index contributed by atoms with van der Waals surface area (Å²) in [6.07, 6.45) is 2.30. The molecule has 6 heteroatoms. The van der Waals surface area contributed by atoms with Gasteiger partial charge in [-0.2, -0.15) is 0 Å². The van der Waals surface area contributed by atoms with E-state index in [9.17, 15) is 4.79 Å². The van der Waals surface area contributed by atoms with Crippen molar-refractivity contribution in [2.75, 3.05) is 20.3 Å². The second-order valence-electron chi connectivity index (χ2n) is 14.4. The van der Waals surface area contributed by atoms with Gasteiger partial charge in [-0.25, -0.2) is 4.79 Å². The molecule has 0 aliphatic carbocycles. The summed E-state index contributed by atoms with van der Waals surface area (Å²) < 4.78 is 26.7. The molecule has 0 saturated heterocycles. The summed E-state index contributed by atoms with van der Waals surface area (Å²) in [5, 5.41) is 2.12. The lowest BCUT2D eigenvalue weighted by atomic mass is 9.80. The van der Waals surface area contributed by atoms with E-state index in [0.717, 1.165) is 16.7 Å². The van der Waals surface area contributed by atoms with Crippen LogP contribution in [0.5, 0.6) is 0 Å². The lowest BCUT2D eigenvalue weighted by Gasteiger charge is -2.46. The number of hydrogen-bond acceptors (Lipinski definition) is 5. The molecule has 0 N–H and O–H groups in total. The van der Waals surface area contributed by atoms with Gasteiger partial charge in [0.15, 0.2) is 0 Å². The van der Waals surface area contributed by atoms with Gasteiger partial charge in [0.05, 0.1) is 25.4 Å². The highest BCUT2D eigenvalue weighted by atomic mass is 28.4. The molecule has 0 aliphatic rings. The summed E-state index contributed by atoms with van der Waals surface area (Å²) in [7, 11) is -1.30. The highest BCUT2D eigenvalue weighted by molar-refractivity contribution is 6.99. The smallest absolute Gasteiger partial charge is 0.333 e. The quantitative estimate of drug-likeness (QED) is 0.0414. The Morgan fingerprint density at radius 2 is 1.08 bits per heavy atom. The summed E-state index contributed by atoms with van der Waals surface area (Å²) >= 11 is 0. The number of carbonyl (C=O) groups is 1. The van der Waals surface area contributed by atoms with E-state index in [1.807, 2.05) is 31.2 Å². The van der Waals surface area contributed by atoms with Crippen LogP contribution in [0.1, 0.15) is 64.2 Å². The number of benzene rings is 5. The van der Waals surface area contributed by atoms with E-state index in [2.05, 4.69) is 154 Å². The lowest BCUT2D eigenvalue weighted by molar-refractivity contribution is -0.138. The number of rotatable bonds is 17. The Kier molecular flexibility index (Phi) is 13.8. The van der Waals surface area contributed by atoms with Crippen LogP contribution in [0.2, 0.25) is 5.04 Å². The Hall–Kier alpha value is -4.59. The Morgan fingerprint density at radius 3 is 1.45 bits per heavy atom. The lowest BCUT2D eigenvalue weighted by Crippen LogP contribution is -2.68. The molecule has 53 heavy (non-hydrogen) atoms. The van der Waals surface area contributed by atoms with Gasteiger partial charge in [-0.3, -0.25) is 0 Å². The van der Waals surface area contributed by atoms with Gasteiger partial charge >= 0.3 is 5.97 Å². The largest absolute Gasteiger partial charge is 0.463 e. The zero-order valence-corrected chi connectivity index (χ0v) is 33.0. The van der Waals surface area contributed by atoms with Gasteiger partial charge in [-0.15, -0.1) is 0 Å². The number of esters is 1. The summed E-state index contributed by atoms with van der Waals surface area (Å²) in [6.45, 7) is 11.1. The summed E-state index contributed by atoms with van der Waals surface area (Å²) in [5.74, 6) is -0.316. The molecule has 0 aromatic heterocycles. The Labute approximate surface area is 317 Å². The molecule has 0 spiro atoms. The fraction of sp³-hybridized carbons (Fsp3) is 0.298. The summed E-state index contributed by atoms with van der Waals surface area (Å²) in [5.41, 5.74) is 2.71. The van der Waals surface area contributed by atoms with Crippen LogP contribution in [0.15, 0.2) is 163 Å². The van der Waals surface area contributed by atoms with Gasteiger partial charge < -0.3 is 18.6 Å². The fourth-order valence-electron chi connectivity index (χ4n) is 7.30. The number of methoxy groups -OCH3 is 1. The topological polar surface area (TPSA) is 54.0 Å². The molecule has 0 aliphatic heterocycles. The third kappa shape index (κ3) is 9.14. The maximum Gasteiger partial charge on any atom is 0.333 e. The molecule has 5 rings (SSSR count). The van der Waals surface area contributed by atoms with E-state index in [0.29, 0.717) is 25.0 Å². The van der Waals surface area contributed by atoms with Crippen molar-refractivity contribution in [1.82, 2.24) is 0 Å². The van der Waals surface area contributed by atoms with Crippen molar-refractivity contribution < 1.29 is 23.4 Å². The van der Waals surface area contributed by atoms with Gasteiger partial charge in [0.2, 0.25) is 0 Å². The average molecular weight is 727 g/mol. The Morgan fingerprint density at radius 1 is 0.660 bits per heavy atom. The molecule has 0 amide bonds. The maximum absolute atomic E-state index is 12.5. The van der Waals surface area contributed by atoms with Crippen molar-refractivity contribution in [2.45, 2.75) is 70.3 Å². The average Bonchev–Trinajstić information content (AvgIpc) is 3.19. The normalized spacial score (nSPS) is 13.7. The number of hydrogen-bond donors (Lipinski definition) is 0. The second-order valence-corrected chi connectivity index (χ2v) is 18.7. The molecule has 0 saturated carbocycles. The van der Waals surface area contributed by atoms with E-state index >= 15 is 0 Å². The molecule has 2 atom stereocenters. The molecule has 0 fully saturated rings. The van der Waals surface area contributed by atoms with E-state index in [-0.39, 0.29) is 23.7 Å². The van der Waals surface area contributed by atoms with Crippen molar-refractivity contribution in [3.63, 3.8) is 0 Å². The SMILES string of the molecule is CCOC(=O)/C(C)=C\C[C@@H](C[C@@H](COC(c1ccccc1)(c1ccccc1)c1ccccc1)O[Si](c1ccccc1)(c1ccccc1)C(C)(C)C)OC. The minimum atomic E-state index is -3.02. The van der Waals surface area contributed by atoms with Crippen molar-refractivity contribution in [2.24, 2.45) is 0 Å². The van der Waals surface area contributed by atoms with Gasteiger partial charge in [0.25, 0.3) is 8.32 Å². The highest BCUT2D eigenvalue weighted by Crippen LogP contribution is 2.42. The molecule has 0 heterocycles. The molecule has 0 unspecified atom stereocenters. The first-order chi connectivity index (χ1) is 25.7. The van der Waals surface area contributed by atoms with Crippen LogP contribution >= 0.6 is 0 Å². The second kappa shape index (κ2) is 18.4. The van der Waals surface area contributed by atoms with Crippen molar-refractivity contribution in [3.05, 3.63) is 180 Å². The van der Waals surface area contributed by atoms with Crippen molar-refractivity contribution >= 4 is 24.7 Å². The monoisotopic (exact) mass is 726 g/mol. The van der Waals surface area contributed by atoms with Crippen molar-refractivity contribution in [3.8, 4) is 0 Å². The van der Waals surface area contributed by atoms with Crippen LogP contribution in [-0.4, -0.2) is 46.8 Å². The van der Waals surface area contributed by atoms with Gasteiger partial charge in [0.1, 0.15) is 5.60 Å². The molecule has 276 valence electrons. The Balaban J connectivity index is 1.66. The first-order valence-corrected chi connectivity index (χ1v) is 20.5. The molecular weight excluding hydrogens is 673 g/mol. The van der Waals surface area contributed by atoms with Crippen LogP contribution in [-0.2, 0) is 29.0 Å². The Bertz CT molecular complexity index is 1720. The zero-order valence-electron chi connectivity index (χ0n) is 32.0. The van der Waals surface area contributed by atoms with Crippen LogP contribution in [0.3, 0.4) is 0 Å². The van der Waals surface area contributed by atoms with Crippen LogP contribution in [0.25, 0.3) is 0 Å². The van der Waals surface area contributed by atoms with E-state index < -0.39 is 20.0 Å². The summed E-state index contributed by atoms with van der Waals surface area (Å²) in [4.78, 5) is 12.5. The van der Waals surface area contributed by atoms with Crippen LogP contribution in [0.4, 0.5) is 0 Å². The van der Waals surface area contributed by atoms with Gasteiger partial charge in [-0.1, -0.05) is 179 Å². The molecule has 0 radical (unpaired) electrons. The molecule has 0 bridgehead atoms. The molecular formula is C47H54O5Si. The fourth-order valence-corrected chi connectivity index (χ4v) is 12.0. The van der Waals surface area contributed by atoms with E-state index in [1.165, 1.54) is 10.4 Å². The standard InChI is InChI=1S/C47H54O5Si/c1-7-50-45(48)37(2)33-34-41(49-6)35-42(52-53(46(3,4)5,43-29-19-11-20-30-43)44-31-21-12-22-32-44)36-51-47(38-23-13-8-14-24-38,39-25-15-9-16-26-39)40-27-17-10-18-28-40/h8-33,41-42H,7,34-36H2,1-6H3/b37-33-/t41-,42-/m0/s1. The predicted molar refractivity (Wildman–Crippen MR) is 218 cm³/mol. The number of ether oxygens (including phenoxy) is 3. The first-order valence-electron chi connectivity index (χ1n) is 18.6. The van der Waals surface area contributed by atoms with Gasteiger partial charge in [0, 0.05) is 19.1 Å². The molecule has 5 aromatic rings. The van der Waals surface area contributed by atoms with Crippen molar-refractivity contribution in [1.29, 1.82) is 0 Å². The van der Waals surface area contributed by atoms with E-state index in [1.54, 1.807) is 14.0 Å². The first kappa shape index (κ1) is 39.6. The number of carbonyl (C=O) groups excluding carboxylic acids is 1. The molecule has 5 nitrogen and oxygen atoms in total. The predicted octanol–water partition coefficient (Wildman–Crippen LogP) is 9.24. The minimum absolute atomic E-state index is 0.258. The zero-order chi connectivity index (χ0) is 37.7.